The zero-order valence-corrected chi connectivity index (χ0v) is 13.0. The lowest BCUT2D eigenvalue weighted by atomic mass is 10.2. The summed E-state index contributed by atoms with van der Waals surface area (Å²) >= 11 is 0. The second kappa shape index (κ2) is 5.95. The molecule has 0 radical (unpaired) electrons. The summed E-state index contributed by atoms with van der Waals surface area (Å²) in [5.74, 6) is 0. The minimum absolute atomic E-state index is 0. The third-order valence-corrected chi connectivity index (χ3v) is 3.46. The van der Waals surface area contributed by atoms with Crippen LogP contribution in [0.15, 0.2) is 29.2 Å². The lowest BCUT2D eigenvalue weighted by molar-refractivity contribution is -0.871. The molecule has 6 heteroatoms. The molecular formula is C11H19BrN2O2S. The molecule has 0 spiro atoms. The molecule has 4 nitrogen and oxygen atoms in total. The first-order valence-electron chi connectivity index (χ1n) is 5.07. The van der Waals surface area contributed by atoms with Crippen molar-refractivity contribution in [1.29, 1.82) is 0 Å². The summed E-state index contributed by atoms with van der Waals surface area (Å²) in [5.41, 5.74) is 1.05. The van der Waals surface area contributed by atoms with Gasteiger partial charge in [0.25, 0.3) is 0 Å². The van der Waals surface area contributed by atoms with E-state index < -0.39 is 10.0 Å². The molecule has 0 amide bonds. The fraction of sp³-hybridized carbons (Fsp3) is 0.455. The second-order valence-electron chi connectivity index (χ2n) is 4.91. The number of rotatable bonds is 4. The molecule has 0 aliphatic carbocycles. The van der Waals surface area contributed by atoms with Gasteiger partial charge in [-0.25, -0.2) is 8.42 Å². The van der Waals surface area contributed by atoms with E-state index in [-0.39, 0.29) is 17.0 Å². The molecule has 0 aliphatic heterocycles. The van der Waals surface area contributed by atoms with Crippen molar-refractivity contribution in [1.82, 2.24) is 4.72 Å². The molecule has 0 bridgehead atoms. The molecule has 98 valence electrons. The van der Waals surface area contributed by atoms with Crippen molar-refractivity contribution in [3.05, 3.63) is 29.8 Å². The first kappa shape index (κ1) is 16.6. The number of benzene rings is 1. The SMILES string of the molecule is Cc1ccc(S(=O)(=O)NC[N+](C)(C)C)cc1.[Br-]. The summed E-state index contributed by atoms with van der Waals surface area (Å²) in [6.07, 6.45) is 0. The van der Waals surface area contributed by atoms with Crippen molar-refractivity contribution in [2.45, 2.75) is 11.8 Å². The highest BCUT2D eigenvalue weighted by molar-refractivity contribution is 7.89. The van der Waals surface area contributed by atoms with E-state index in [0.29, 0.717) is 16.0 Å². The quantitative estimate of drug-likeness (QED) is 0.512. The van der Waals surface area contributed by atoms with Crippen molar-refractivity contribution >= 4 is 10.0 Å². The van der Waals surface area contributed by atoms with Gasteiger partial charge in [0.2, 0.25) is 10.0 Å². The van der Waals surface area contributed by atoms with Gasteiger partial charge in [-0.15, -0.1) is 0 Å². The lowest BCUT2D eigenvalue weighted by Crippen LogP contribution is -3.00. The first-order valence-corrected chi connectivity index (χ1v) is 6.56. The van der Waals surface area contributed by atoms with Gasteiger partial charge in [0.05, 0.1) is 26.0 Å². The van der Waals surface area contributed by atoms with Crippen molar-refractivity contribution in [2.24, 2.45) is 0 Å². The fourth-order valence-corrected chi connectivity index (χ4v) is 2.30. The molecule has 0 fully saturated rings. The largest absolute Gasteiger partial charge is 1.00 e. The lowest BCUT2D eigenvalue weighted by Gasteiger charge is -2.23. The average molecular weight is 323 g/mol. The Balaban J connectivity index is 0.00000256. The predicted octanol–water partition coefficient (Wildman–Crippen LogP) is -2.06. The summed E-state index contributed by atoms with van der Waals surface area (Å²) in [6, 6.07) is 6.82. The van der Waals surface area contributed by atoms with Gasteiger partial charge in [0.1, 0.15) is 6.67 Å². The fourth-order valence-electron chi connectivity index (χ4n) is 1.08. The zero-order chi connectivity index (χ0) is 12.4. The third-order valence-electron chi connectivity index (χ3n) is 2.06. The van der Waals surface area contributed by atoms with Gasteiger partial charge < -0.3 is 21.5 Å². The number of sulfonamides is 1. The van der Waals surface area contributed by atoms with Gasteiger partial charge in [0.15, 0.2) is 0 Å². The Labute approximate surface area is 114 Å². The molecule has 1 aromatic carbocycles. The van der Waals surface area contributed by atoms with Gasteiger partial charge in [0, 0.05) is 0 Å². The van der Waals surface area contributed by atoms with Crippen LogP contribution in [0.4, 0.5) is 0 Å². The maximum atomic E-state index is 11.9. The monoisotopic (exact) mass is 322 g/mol. The Morgan fingerprint density at radius 3 is 2.00 bits per heavy atom. The van der Waals surface area contributed by atoms with Crippen LogP contribution in [0.3, 0.4) is 0 Å². The van der Waals surface area contributed by atoms with E-state index in [0.717, 1.165) is 5.56 Å². The van der Waals surface area contributed by atoms with Crippen LogP contribution in [-0.2, 0) is 10.0 Å². The number of hydrogen-bond donors (Lipinski definition) is 1. The van der Waals surface area contributed by atoms with E-state index in [9.17, 15) is 8.42 Å². The Hall–Kier alpha value is -0.430. The molecular weight excluding hydrogens is 304 g/mol. The van der Waals surface area contributed by atoms with Crippen LogP contribution in [-0.4, -0.2) is 40.7 Å². The highest BCUT2D eigenvalue weighted by Crippen LogP contribution is 2.09. The number of aryl methyl sites for hydroxylation is 1. The summed E-state index contributed by atoms with van der Waals surface area (Å²) < 4.78 is 26.9. The van der Waals surface area contributed by atoms with Crippen LogP contribution in [0, 0.1) is 6.92 Å². The highest BCUT2D eigenvalue weighted by Gasteiger charge is 2.17. The number of hydrogen-bond acceptors (Lipinski definition) is 2. The summed E-state index contributed by atoms with van der Waals surface area (Å²) in [7, 11) is 2.41. The van der Waals surface area contributed by atoms with Gasteiger partial charge >= 0.3 is 0 Å². The van der Waals surface area contributed by atoms with Crippen molar-refractivity contribution in [2.75, 3.05) is 27.8 Å². The minimum atomic E-state index is -3.38. The number of quaternary nitrogens is 1. The van der Waals surface area contributed by atoms with E-state index in [2.05, 4.69) is 4.72 Å². The molecule has 0 aliphatic rings. The van der Waals surface area contributed by atoms with Crippen LogP contribution in [0.2, 0.25) is 0 Å². The van der Waals surface area contributed by atoms with E-state index in [1.165, 1.54) is 0 Å². The Bertz CT molecular complexity index is 449. The smallest absolute Gasteiger partial charge is 0.244 e. The van der Waals surface area contributed by atoms with E-state index in [4.69, 9.17) is 0 Å². The number of nitrogens with zero attached hydrogens (tertiary/aromatic N) is 1. The van der Waals surface area contributed by atoms with Crippen LogP contribution < -0.4 is 21.7 Å². The second-order valence-corrected chi connectivity index (χ2v) is 6.68. The van der Waals surface area contributed by atoms with Gasteiger partial charge in [-0.05, 0) is 19.1 Å². The van der Waals surface area contributed by atoms with Crippen molar-refractivity contribution < 1.29 is 29.9 Å². The summed E-state index contributed by atoms with van der Waals surface area (Å²) in [6.45, 7) is 2.30. The van der Waals surface area contributed by atoms with Crippen LogP contribution in [0.25, 0.3) is 0 Å². The molecule has 0 saturated heterocycles. The molecule has 0 atom stereocenters. The van der Waals surface area contributed by atoms with Crippen molar-refractivity contribution in [3.8, 4) is 0 Å². The van der Waals surface area contributed by atoms with E-state index >= 15 is 0 Å². The minimum Gasteiger partial charge on any atom is -1.00 e. The maximum absolute atomic E-state index is 11.9. The van der Waals surface area contributed by atoms with Crippen molar-refractivity contribution in [3.63, 3.8) is 0 Å². The molecule has 17 heavy (non-hydrogen) atoms. The van der Waals surface area contributed by atoms with Gasteiger partial charge in [-0.3, -0.25) is 0 Å². The normalized spacial score (nSPS) is 12.0. The van der Waals surface area contributed by atoms with E-state index in [1.54, 1.807) is 24.3 Å². The summed E-state index contributed by atoms with van der Waals surface area (Å²) in [5, 5.41) is 0. The number of halogens is 1. The molecule has 1 N–H and O–H groups in total. The molecule has 1 rings (SSSR count). The Kier molecular flexibility index (Phi) is 5.80. The molecule has 1 aromatic rings. The molecule has 0 saturated carbocycles. The molecule has 0 heterocycles. The van der Waals surface area contributed by atoms with Crippen LogP contribution in [0.1, 0.15) is 5.56 Å². The van der Waals surface area contributed by atoms with Gasteiger partial charge in [-0.2, -0.15) is 4.72 Å². The van der Waals surface area contributed by atoms with Crippen LogP contribution in [0.5, 0.6) is 0 Å². The number of nitrogens with one attached hydrogen (secondary N) is 1. The Morgan fingerprint density at radius 1 is 1.12 bits per heavy atom. The summed E-state index contributed by atoms with van der Waals surface area (Å²) in [4.78, 5) is 0.312. The average Bonchev–Trinajstić information content (AvgIpc) is 2.15. The highest BCUT2D eigenvalue weighted by atomic mass is 79.9. The predicted molar refractivity (Wildman–Crippen MR) is 64.4 cm³/mol. The third kappa shape index (κ3) is 5.63. The standard InChI is InChI=1S/C11H19N2O2S.BrH/c1-10-5-7-11(8-6-10)16(14,15)12-9-13(2,3)4;/h5-8,12H,9H2,1-4H3;1H/q+1;/p-1. The molecule has 0 unspecified atom stereocenters. The van der Waals surface area contributed by atoms with E-state index in [1.807, 2.05) is 28.1 Å². The molecule has 0 aromatic heterocycles. The van der Waals surface area contributed by atoms with Crippen LogP contribution >= 0.6 is 0 Å². The van der Waals surface area contributed by atoms with Gasteiger partial charge in [-0.1, -0.05) is 17.7 Å². The topological polar surface area (TPSA) is 46.2 Å². The zero-order valence-electron chi connectivity index (χ0n) is 10.6. The maximum Gasteiger partial charge on any atom is 0.244 e. The first-order chi connectivity index (χ1) is 7.21. The Morgan fingerprint density at radius 2 is 1.59 bits per heavy atom.